The van der Waals surface area contributed by atoms with E-state index in [1.807, 2.05) is 18.2 Å². The Labute approximate surface area is 203 Å². The van der Waals surface area contributed by atoms with Gasteiger partial charge in [0.15, 0.2) is 0 Å². The van der Waals surface area contributed by atoms with Gasteiger partial charge in [-0.15, -0.1) is 0 Å². The van der Waals surface area contributed by atoms with Crippen molar-refractivity contribution in [1.82, 2.24) is 14.9 Å². The fraction of sp³-hybridized carbons (Fsp3) is 0.296. The van der Waals surface area contributed by atoms with Gasteiger partial charge in [-0.25, -0.2) is 13.8 Å². The quantitative estimate of drug-likeness (QED) is 0.371. The Kier molecular flexibility index (Phi) is 6.32. The third-order valence-corrected chi connectivity index (χ3v) is 6.75. The normalized spacial score (nSPS) is 17.9. The molecule has 2 N–H and O–H groups in total. The molecular formula is C27H26F2N6. The highest BCUT2D eigenvalue weighted by Crippen LogP contribution is 2.34. The fourth-order valence-electron chi connectivity index (χ4n) is 4.98. The van der Waals surface area contributed by atoms with Gasteiger partial charge in [0.2, 0.25) is 0 Å². The molecule has 1 aromatic heterocycles. The van der Waals surface area contributed by atoms with Gasteiger partial charge >= 0.3 is 0 Å². The number of likely N-dealkylation sites (tertiary alicyclic amines) is 1. The van der Waals surface area contributed by atoms with Gasteiger partial charge < -0.3 is 14.8 Å². The van der Waals surface area contributed by atoms with E-state index in [1.54, 1.807) is 23.2 Å². The van der Waals surface area contributed by atoms with E-state index in [0.717, 1.165) is 61.4 Å². The molecule has 0 amide bonds. The van der Waals surface area contributed by atoms with Gasteiger partial charge in [-0.2, -0.15) is 5.26 Å². The van der Waals surface area contributed by atoms with Crippen LogP contribution in [0.2, 0.25) is 0 Å². The topological polar surface area (TPSA) is 82.8 Å². The molecule has 5 rings (SSSR count). The average Bonchev–Trinajstić information content (AvgIpc) is 3.65. The van der Waals surface area contributed by atoms with E-state index >= 15 is 0 Å². The molecule has 0 spiro atoms. The summed E-state index contributed by atoms with van der Waals surface area (Å²) in [6.07, 6.45) is 8.81. The summed E-state index contributed by atoms with van der Waals surface area (Å²) in [4.78, 5) is 11.7. The first-order chi connectivity index (χ1) is 17.0. The maximum Gasteiger partial charge on any atom is 0.130 e. The van der Waals surface area contributed by atoms with Crippen molar-refractivity contribution >= 4 is 17.6 Å². The van der Waals surface area contributed by atoms with Crippen LogP contribution in [0.4, 0.5) is 14.5 Å². The van der Waals surface area contributed by atoms with Gasteiger partial charge in [-0.05, 0) is 68.2 Å². The summed E-state index contributed by atoms with van der Waals surface area (Å²) in [5.74, 6) is -0.117. The lowest BCUT2D eigenvalue weighted by atomic mass is 10.0. The monoisotopic (exact) mass is 472 g/mol. The lowest BCUT2D eigenvalue weighted by molar-refractivity contribution is 0.385. The molecule has 0 radical (unpaired) electrons. The molecule has 1 unspecified atom stereocenters. The average molecular weight is 473 g/mol. The van der Waals surface area contributed by atoms with Crippen LogP contribution >= 0.6 is 0 Å². The summed E-state index contributed by atoms with van der Waals surface area (Å²) in [5, 5.41) is 18.0. The molecule has 0 bridgehead atoms. The molecule has 0 aliphatic carbocycles. The fourth-order valence-corrected chi connectivity index (χ4v) is 4.98. The number of halogens is 2. The number of nitrogens with one attached hydrogen (secondary N) is 2. The maximum absolute atomic E-state index is 14.3. The molecule has 2 aliphatic heterocycles. The van der Waals surface area contributed by atoms with E-state index in [9.17, 15) is 14.0 Å². The van der Waals surface area contributed by atoms with E-state index < -0.39 is 11.6 Å². The number of nitriles is 1. The first-order valence-electron chi connectivity index (χ1n) is 11.9. The van der Waals surface area contributed by atoms with Crippen molar-refractivity contribution in [2.24, 2.45) is 0 Å². The third-order valence-electron chi connectivity index (χ3n) is 6.75. The maximum atomic E-state index is 14.3. The van der Waals surface area contributed by atoms with Crippen LogP contribution in [-0.4, -0.2) is 40.3 Å². The van der Waals surface area contributed by atoms with Crippen LogP contribution in [0.25, 0.3) is 17.3 Å². The number of hydrogen-bond acceptors (Lipinski definition) is 4. The second-order valence-electron chi connectivity index (χ2n) is 8.96. The van der Waals surface area contributed by atoms with Gasteiger partial charge in [0.25, 0.3) is 0 Å². The molecule has 3 aromatic rings. The summed E-state index contributed by atoms with van der Waals surface area (Å²) in [6.45, 7) is 2.51. The van der Waals surface area contributed by atoms with E-state index in [1.165, 1.54) is 6.07 Å². The second-order valence-corrected chi connectivity index (χ2v) is 8.96. The highest BCUT2D eigenvalue weighted by molar-refractivity contribution is 5.94. The number of nitrogens with zero attached hydrogens (tertiary/aromatic N) is 4. The standard InChI is InChI=1S/C27H26F2N6/c28-20-7-8-22(29)21(15-20)24-4-3-13-35(24)26(31)9-10-27-32-17-23(33-27)18-5-6-19(16-30)25(14-18)34-11-1-2-12-34/h5-10,14-15,17,24,31H,1-4,11-13H2,(H,32,33)/b10-9-,31-26?. The van der Waals surface area contributed by atoms with Gasteiger partial charge in [0.05, 0.1) is 29.2 Å². The zero-order chi connectivity index (χ0) is 24.4. The molecule has 8 heteroatoms. The summed E-state index contributed by atoms with van der Waals surface area (Å²) < 4.78 is 28.0. The molecule has 0 saturated carbocycles. The van der Waals surface area contributed by atoms with Crippen LogP contribution in [0.15, 0.2) is 48.7 Å². The summed E-state index contributed by atoms with van der Waals surface area (Å²) in [5.41, 5.74) is 3.66. The molecule has 6 nitrogen and oxygen atoms in total. The molecule has 178 valence electrons. The van der Waals surface area contributed by atoms with Gasteiger partial charge in [0.1, 0.15) is 29.4 Å². The second kappa shape index (κ2) is 9.71. The Bertz CT molecular complexity index is 1320. The lowest BCUT2D eigenvalue weighted by Gasteiger charge is -2.26. The molecule has 2 aliphatic rings. The first kappa shape index (κ1) is 22.8. The lowest BCUT2D eigenvalue weighted by Crippen LogP contribution is -2.29. The number of amidine groups is 1. The SMILES string of the molecule is N#Cc1ccc(-c2cnc(/C=C\C(=N)N3CCCC3c3cc(F)ccc3F)[nH]2)cc1N1CCCC1. The Morgan fingerprint density at radius 2 is 1.94 bits per heavy atom. The highest BCUT2D eigenvalue weighted by atomic mass is 19.1. The van der Waals surface area contributed by atoms with Gasteiger partial charge in [-0.1, -0.05) is 6.07 Å². The minimum absolute atomic E-state index is 0.226. The van der Waals surface area contributed by atoms with E-state index in [4.69, 9.17) is 5.41 Å². The Hall–Kier alpha value is -3.99. The third kappa shape index (κ3) is 4.67. The number of anilines is 1. The Morgan fingerprint density at radius 3 is 2.74 bits per heavy atom. The predicted octanol–water partition coefficient (Wildman–Crippen LogP) is 5.65. The van der Waals surface area contributed by atoms with Crippen molar-refractivity contribution in [3.05, 3.63) is 77.3 Å². The largest absolute Gasteiger partial charge is 0.370 e. The minimum Gasteiger partial charge on any atom is -0.370 e. The van der Waals surface area contributed by atoms with Gasteiger partial charge in [0, 0.05) is 30.8 Å². The van der Waals surface area contributed by atoms with Crippen molar-refractivity contribution in [3.8, 4) is 17.3 Å². The van der Waals surface area contributed by atoms with Crippen molar-refractivity contribution in [2.45, 2.75) is 31.7 Å². The van der Waals surface area contributed by atoms with Crippen LogP contribution in [0.3, 0.4) is 0 Å². The summed E-state index contributed by atoms with van der Waals surface area (Å²) in [7, 11) is 0. The van der Waals surface area contributed by atoms with E-state index in [-0.39, 0.29) is 17.4 Å². The smallest absolute Gasteiger partial charge is 0.130 e. The molecule has 35 heavy (non-hydrogen) atoms. The predicted molar refractivity (Wildman–Crippen MR) is 132 cm³/mol. The number of imidazole rings is 1. The Balaban J connectivity index is 1.32. The van der Waals surface area contributed by atoms with E-state index in [2.05, 4.69) is 20.9 Å². The summed E-state index contributed by atoms with van der Waals surface area (Å²) in [6, 6.07) is 11.2. The number of aromatic nitrogens is 2. The number of H-pyrrole nitrogens is 1. The highest BCUT2D eigenvalue weighted by Gasteiger charge is 2.29. The number of hydrogen-bond donors (Lipinski definition) is 2. The number of benzene rings is 2. The van der Waals surface area contributed by atoms with Crippen LogP contribution in [-0.2, 0) is 0 Å². The van der Waals surface area contributed by atoms with Crippen LogP contribution < -0.4 is 4.90 Å². The molecule has 2 aromatic carbocycles. The van der Waals surface area contributed by atoms with Crippen molar-refractivity contribution in [1.29, 1.82) is 10.7 Å². The minimum atomic E-state index is -0.478. The van der Waals surface area contributed by atoms with E-state index in [0.29, 0.717) is 24.4 Å². The summed E-state index contributed by atoms with van der Waals surface area (Å²) >= 11 is 0. The van der Waals surface area contributed by atoms with Crippen molar-refractivity contribution in [2.75, 3.05) is 24.5 Å². The molecule has 2 saturated heterocycles. The zero-order valence-corrected chi connectivity index (χ0v) is 19.3. The van der Waals surface area contributed by atoms with Crippen LogP contribution in [0, 0.1) is 28.4 Å². The number of rotatable bonds is 5. The molecule has 1 atom stereocenters. The van der Waals surface area contributed by atoms with Crippen molar-refractivity contribution < 1.29 is 8.78 Å². The first-order valence-corrected chi connectivity index (χ1v) is 11.9. The van der Waals surface area contributed by atoms with Gasteiger partial charge in [-0.3, -0.25) is 5.41 Å². The molecule has 2 fully saturated rings. The number of aromatic amines is 1. The van der Waals surface area contributed by atoms with Crippen LogP contribution in [0.5, 0.6) is 0 Å². The molecular weight excluding hydrogens is 446 g/mol. The molecule has 3 heterocycles. The Morgan fingerprint density at radius 1 is 1.11 bits per heavy atom. The zero-order valence-electron chi connectivity index (χ0n) is 19.3. The van der Waals surface area contributed by atoms with Crippen LogP contribution in [0.1, 0.15) is 48.7 Å². The van der Waals surface area contributed by atoms with Crippen molar-refractivity contribution in [3.63, 3.8) is 0 Å².